The van der Waals surface area contributed by atoms with E-state index in [9.17, 15) is 9.59 Å². The molecule has 0 N–H and O–H groups in total. The van der Waals surface area contributed by atoms with Crippen LogP contribution in [0.1, 0.15) is 17.3 Å². The lowest BCUT2D eigenvalue weighted by atomic mass is 10.2. The molecule has 0 unspecified atom stereocenters. The molecule has 5 heteroatoms. The number of ether oxygens (including phenoxy) is 2. The van der Waals surface area contributed by atoms with Crippen LogP contribution in [0.25, 0.3) is 0 Å². The Hall–Kier alpha value is -1.55. The van der Waals surface area contributed by atoms with E-state index in [0.29, 0.717) is 18.6 Å². The van der Waals surface area contributed by atoms with Crippen molar-refractivity contribution in [2.24, 2.45) is 0 Å². The van der Waals surface area contributed by atoms with Crippen LogP contribution >= 0.6 is 11.6 Å². The van der Waals surface area contributed by atoms with Gasteiger partial charge >= 0.3 is 5.97 Å². The van der Waals surface area contributed by atoms with Crippen molar-refractivity contribution in [2.75, 3.05) is 12.5 Å². The number of hydrogen-bond donors (Lipinski definition) is 0. The van der Waals surface area contributed by atoms with Gasteiger partial charge in [0, 0.05) is 0 Å². The molecule has 0 fully saturated rings. The first-order chi connectivity index (χ1) is 7.72. The predicted octanol–water partition coefficient (Wildman–Crippen LogP) is 2.04. The number of aldehydes is 1. The second-order valence-corrected chi connectivity index (χ2v) is 3.10. The summed E-state index contributed by atoms with van der Waals surface area (Å²) in [6.45, 7) is 2.20. The Bertz CT molecular complexity index is 390. The molecule has 0 radical (unpaired) electrons. The Labute approximate surface area is 98.1 Å². The van der Waals surface area contributed by atoms with Crippen molar-refractivity contribution in [3.05, 3.63) is 23.8 Å². The van der Waals surface area contributed by atoms with Crippen LogP contribution in [0.3, 0.4) is 0 Å². The number of halogens is 1. The van der Waals surface area contributed by atoms with Gasteiger partial charge in [-0.3, -0.25) is 9.59 Å². The van der Waals surface area contributed by atoms with E-state index in [1.165, 1.54) is 6.07 Å². The maximum Gasteiger partial charge on any atom is 0.326 e. The number of hydrogen-bond acceptors (Lipinski definition) is 4. The van der Waals surface area contributed by atoms with Crippen molar-refractivity contribution in [2.45, 2.75) is 6.92 Å². The summed E-state index contributed by atoms with van der Waals surface area (Å²) in [6, 6.07) is 4.80. The Morgan fingerprint density at radius 1 is 1.50 bits per heavy atom. The smallest absolute Gasteiger partial charge is 0.326 e. The first kappa shape index (κ1) is 12.5. The molecule has 1 aromatic rings. The molecule has 0 spiro atoms. The highest BCUT2D eigenvalue weighted by molar-refractivity contribution is 6.26. The minimum Gasteiger partial charge on any atom is -0.490 e. The highest BCUT2D eigenvalue weighted by atomic mass is 35.5. The SMILES string of the molecule is CCOc1cccc(C=O)c1OC(=O)CCl. The zero-order valence-corrected chi connectivity index (χ0v) is 9.49. The first-order valence-corrected chi connectivity index (χ1v) is 5.24. The number of esters is 1. The van der Waals surface area contributed by atoms with Crippen molar-refractivity contribution in [1.29, 1.82) is 0 Å². The van der Waals surface area contributed by atoms with Crippen LogP contribution in [0.15, 0.2) is 18.2 Å². The highest BCUT2D eigenvalue weighted by Crippen LogP contribution is 2.30. The zero-order valence-electron chi connectivity index (χ0n) is 8.73. The normalized spacial score (nSPS) is 9.62. The fourth-order valence-electron chi connectivity index (χ4n) is 1.15. The molecule has 0 atom stereocenters. The molecule has 0 aliphatic carbocycles. The van der Waals surface area contributed by atoms with E-state index in [1.54, 1.807) is 19.1 Å². The molecule has 1 rings (SSSR count). The van der Waals surface area contributed by atoms with Crippen molar-refractivity contribution < 1.29 is 19.1 Å². The standard InChI is InChI=1S/C11H11ClO4/c1-2-15-9-5-3-4-8(7-13)11(9)16-10(14)6-12/h3-5,7H,2,6H2,1H3. The second-order valence-electron chi connectivity index (χ2n) is 2.83. The molecule has 0 saturated heterocycles. The van der Waals surface area contributed by atoms with Crippen molar-refractivity contribution in [3.63, 3.8) is 0 Å². The van der Waals surface area contributed by atoms with Crippen LogP contribution in [0.4, 0.5) is 0 Å². The number of carbonyl (C=O) groups is 2. The summed E-state index contributed by atoms with van der Waals surface area (Å²) in [5, 5.41) is 0. The predicted molar refractivity (Wildman–Crippen MR) is 59.4 cm³/mol. The number of carbonyl (C=O) groups excluding carboxylic acids is 2. The van der Waals surface area contributed by atoms with E-state index in [1.807, 2.05) is 0 Å². The lowest BCUT2D eigenvalue weighted by Gasteiger charge is -2.11. The fourth-order valence-corrected chi connectivity index (χ4v) is 1.20. The number of para-hydroxylation sites is 1. The zero-order chi connectivity index (χ0) is 12.0. The van der Waals surface area contributed by atoms with Gasteiger partial charge in [0.1, 0.15) is 5.88 Å². The van der Waals surface area contributed by atoms with Gasteiger partial charge in [0.2, 0.25) is 0 Å². The summed E-state index contributed by atoms with van der Waals surface area (Å²) in [5.74, 6) is -0.439. The lowest BCUT2D eigenvalue weighted by Crippen LogP contribution is -2.11. The topological polar surface area (TPSA) is 52.6 Å². The van der Waals surface area contributed by atoms with E-state index < -0.39 is 5.97 Å². The van der Waals surface area contributed by atoms with Gasteiger partial charge in [0.15, 0.2) is 17.8 Å². The van der Waals surface area contributed by atoms with Crippen LogP contribution in [-0.4, -0.2) is 24.7 Å². The minimum atomic E-state index is -0.628. The van der Waals surface area contributed by atoms with Crippen LogP contribution in [0.2, 0.25) is 0 Å². The molecule has 86 valence electrons. The molecule has 0 bridgehead atoms. The number of alkyl halides is 1. The molecule has 4 nitrogen and oxygen atoms in total. The third-order valence-electron chi connectivity index (χ3n) is 1.76. The molecule has 1 aromatic carbocycles. The molecular formula is C11H11ClO4. The first-order valence-electron chi connectivity index (χ1n) is 4.70. The number of benzene rings is 1. The molecule has 0 saturated carbocycles. The Morgan fingerprint density at radius 3 is 2.81 bits per heavy atom. The largest absolute Gasteiger partial charge is 0.490 e. The van der Waals surface area contributed by atoms with Gasteiger partial charge in [-0.2, -0.15) is 0 Å². The van der Waals surface area contributed by atoms with E-state index in [-0.39, 0.29) is 17.2 Å². The van der Waals surface area contributed by atoms with Gasteiger partial charge < -0.3 is 9.47 Å². The van der Waals surface area contributed by atoms with Crippen LogP contribution < -0.4 is 9.47 Å². The van der Waals surface area contributed by atoms with E-state index in [2.05, 4.69) is 0 Å². The quantitative estimate of drug-likeness (QED) is 0.343. The molecule has 16 heavy (non-hydrogen) atoms. The van der Waals surface area contributed by atoms with Gasteiger partial charge in [0.05, 0.1) is 12.2 Å². The van der Waals surface area contributed by atoms with Crippen molar-refractivity contribution >= 4 is 23.9 Å². The maximum absolute atomic E-state index is 11.1. The molecule has 0 aliphatic rings. The molecule has 0 amide bonds. The number of rotatable bonds is 5. The summed E-state index contributed by atoms with van der Waals surface area (Å²) in [5.41, 5.74) is 0.254. The van der Waals surface area contributed by atoms with Gasteiger partial charge in [-0.1, -0.05) is 6.07 Å². The highest BCUT2D eigenvalue weighted by Gasteiger charge is 2.13. The average molecular weight is 243 g/mol. The molecule has 0 aliphatic heterocycles. The Balaban J connectivity index is 3.08. The van der Waals surface area contributed by atoms with Gasteiger partial charge in [-0.15, -0.1) is 11.6 Å². The second kappa shape index (κ2) is 6.12. The van der Waals surface area contributed by atoms with Crippen molar-refractivity contribution in [3.8, 4) is 11.5 Å². The van der Waals surface area contributed by atoms with Gasteiger partial charge in [0.25, 0.3) is 0 Å². The summed E-state index contributed by atoms with van der Waals surface area (Å²) in [4.78, 5) is 21.9. The Kier molecular flexibility index (Phi) is 4.79. The van der Waals surface area contributed by atoms with Crippen molar-refractivity contribution in [1.82, 2.24) is 0 Å². The summed E-state index contributed by atoms with van der Waals surface area (Å²) < 4.78 is 10.2. The summed E-state index contributed by atoms with van der Waals surface area (Å²) in [6.07, 6.45) is 0.597. The summed E-state index contributed by atoms with van der Waals surface area (Å²) in [7, 11) is 0. The van der Waals surface area contributed by atoms with Crippen LogP contribution in [0, 0.1) is 0 Å². The van der Waals surface area contributed by atoms with Gasteiger partial charge in [-0.05, 0) is 19.1 Å². The summed E-state index contributed by atoms with van der Waals surface area (Å²) >= 11 is 5.32. The maximum atomic E-state index is 11.1. The van der Waals surface area contributed by atoms with E-state index in [4.69, 9.17) is 21.1 Å². The monoisotopic (exact) mass is 242 g/mol. The van der Waals surface area contributed by atoms with E-state index >= 15 is 0 Å². The lowest BCUT2D eigenvalue weighted by molar-refractivity contribution is -0.131. The third kappa shape index (κ3) is 2.97. The fraction of sp³-hybridized carbons (Fsp3) is 0.273. The van der Waals surface area contributed by atoms with Crippen LogP contribution in [-0.2, 0) is 4.79 Å². The van der Waals surface area contributed by atoms with Gasteiger partial charge in [-0.25, -0.2) is 0 Å². The third-order valence-corrected chi connectivity index (χ3v) is 1.98. The van der Waals surface area contributed by atoms with Crippen LogP contribution in [0.5, 0.6) is 11.5 Å². The van der Waals surface area contributed by atoms with E-state index in [0.717, 1.165) is 0 Å². The molecule has 0 heterocycles. The Morgan fingerprint density at radius 2 is 2.25 bits per heavy atom. The molecule has 0 aromatic heterocycles. The molecular weight excluding hydrogens is 232 g/mol. The average Bonchev–Trinajstić information content (AvgIpc) is 2.31. The minimum absolute atomic E-state index is 0.116.